The van der Waals surface area contributed by atoms with Crippen molar-refractivity contribution in [1.29, 1.82) is 0 Å². The number of esters is 2. The summed E-state index contributed by atoms with van der Waals surface area (Å²) in [4.78, 5) is 51.7. The molecular weight excluding hydrogens is 655 g/mol. The minimum absolute atomic E-state index is 0.0326. The molecule has 3 unspecified atom stereocenters. The average Bonchev–Trinajstić information content (AvgIpc) is 3.30. The summed E-state index contributed by atoms with van der Waals surface area (Å²) < 4.78 is 45.9. The van der Waals surface area contributed by atoms with Crippen LogP contribution in [0.1, 0.15) is 52.8 Å². The lowest BCUT2D eigenvalue weighted by Gasteiger charge is -2.30. The Hall–Kier alpha value is -2.79. The van der Waals surface area contributed by atoms with E-state index in [0.29, 0.717) is 10.1 Å². The predicted octanol–water partition coefficient (Wildman–Crippen LogP) is 8.27. The second kappa shape index (κ2) is 13.7. The van der Waals surface area contributed by atoms with Crippen molar-refractivity contribution in [3.63, 3.8) is 0 Å². The van der Waals surface area contributed by atoms with Crippen molar-refractivity contribution in [2.45, 2.75) is 53.5 Å². The highest BCUT2D eigenvalue weighted by atomic mass is 35.5. The first-order valence-electron chi connectivity index (χ1n) is 13.2. The SMILES string of the molecule is C=CN(C(=O)C(c1csc2ccc(Cl)cc12)P(=O)(O)OC(COC(=O)C(C)(C)C)OC(=O)C(C)(C)C)c1cc(Cl)ccc1F. The Morgan fingerprint density at radius 3 is 2.23 bits per heavy atom. The third kappa shape index (κ3) is 8.47. The Kier molecular flexibility index (Phi) is 11.1. The zero-order chi connectivity index (χ0) is 33.2. The van der Waals surface area contributed by atoms with Gasteiger partial charge in [-0.05, 0) is 94.3 Å². The first-order chi connectivity index (χ1) is 20.3. The topological polar surface area (TPSA) is 119 Å². The third-order valence-corrected chi connectivity index (χ3v) is 9.23. The molecule has 1 heterocycles. The number of hydrogen-bond donors (Lipinski definition) is 1. The van der Waals surface area contributed by atoms with Gasteiger partial charge >= 0.3 is 19.5 Å². The molecule has 1 N–H and O–H groups in total. The molecule has 0 radical (unpaired) electrons. The van der Waals surface area contributed by atoms with Crippen LogP contribution >= 0.6 is 42.1 Å². The van der Waals surface area contributed by atoms with Crippen LogP contribution in [0.4, 0.5) is 10.1 Å². The summed E-state index contributed by atoms with van der Waals surface area (Å²) in [7, 11) is -5.25. The van der Waals surface area contributed by atoms with Crippen LogP contribution in [0.5, 0.6) is 0 Å². The number of halogens is 3. The van der Waals surface area contributed by atoms with Crippen LogP contribution in [-0.4, -0.2) is 35.6 Å². The van der Waals surface area contributed by atoms with Gasteiger partial charge in [0, 0.05) is 20.9 Å². The molecule has 14 heteroatoms. The predicted molar refractivity (Wildman–Crippen MR) is 169 cm³/mol. The molecule has 0 saturated carbocycles. The highest BCUT2D eigenvalue weighted by Gasteiger charge is 2.47. The fourth-order valence-corrected chi connectivity index (χ4v) is 6.70. The summed E-state index contributed by atoms with van der Waals surface area (Å²) in [5.41, 5.74) is -4.35. The van der Waals surface area contributed by atoms with Gasteiger partial charge in [-0.1, -0.05) is 29.8 Å². The second-order valence-electron chi connectivity index (χ2n) is 11.8. The molecule has 9 nitrogen and oxygen atoms in total. The van der Waals surface area contributed by atoms with Crippen LogP contribution in [0.25, 0.3) is 10.1 Å². The van der Waals surface area contributed by atoms with Gasteiger partial charge in [0.15, 0.2) is 12.3 Å². The average molecular weight is 689 g/mol. The molecule has 44 heavy (non-hydrogen) atoms. The lowest BCUT2D eigenvalue weighted by molar-refractivity contribution is -0.187. The maximum Gasteiger partial charge on any atom is 0.348 e. The zero-order valence-corrected chi connectivity index (χ0v) is 28.2. The minimum Gasteiger partial charge on any atom is -0.459 e. The Morgan fingerprint density at radius 1 is 1.05 bits per heavy atom. The number of nitrogens with zero attached hydrogens (tertiary/aromatic N) is 1. The Balaban J connectivity index is 2.15. The maximum absolute atomic E-state index is 14.9. The normalized spacial score (nSPS) is 14.8. The van der Waals surface area contributed by atoms with Gasteiger partial charge in [-0.25, -0.2) is 4.39 Å². The zero-order valence-electron chi connectivity index (χ0n) is 24.9. The number of carbonyl (C=O) groups is 3. The van der Waals surface area contributed by atoms with E-state index < -0.39 is 60.6 Å². The molecule has 238 valence electrons. The van der Waals surface area contributed by atoms with Gasteiger partial charge in [0.2, 0.25) is 6.29 Å². The standard InChI is InChI=1S/C30H33Cl2FNO8PS/c1-8-34(22-14-18(32)9-11-21(22)33)26(35)25(20-16-44-23-12-10-17(31)13-19(20)23)43(38,39)42-24(41-28(37)30(5,6)7)15-40-27(36)29(2,3)4/h8-14,16,24-25H,1,15H2,2-7H3,(H,38,39). The summed E-state index contributed by atoms with van der Waals surface area (Å²) in [6, 6.07) is 8.22. The molecular formula is C30H33Cl2FNO8PS. The number of thiophene rings is 1. The first-order valence-corrected chi connectivity index (χ1v) is 16.5. The van der Waals surface area contributed by atoms with E-state index in [2.05, 4.69) is 6.58 Å². The lowest BCUT2D eigenvalue weighted by atomic mass is 9.97. The molecule has 0 aliphatic rings. The van der Waals surface area contributed by atoms with Crippen molar-refractivity contribution >= 4 is 75.8 Å². The summed E-state index contributed by atoms with van der Waals surface area (Å²) in [5, 5.41) is 2.20. The van der Waals surface area contributed by atoms with Crippen LogP contribution in [0.2, 0.25) is 10.0 Å². The van der Waals surface area contributed by atoms with Crippen molar-refractivity contribution in [2.24, 2.45) is 10.8 Å². The number of benzene rings is 2. The summed E-state index contributed by atoms with van der Waals surface area (Å²) in [5.74, 6) is -3.51. The van der Waals surface area contributed by atoms with E-state index in [-0.39, 0.29) is 21.3 Å². The van der Waals surface area contributed by atoms with Gasteiger partial charge < -0.3 is 14.4 Å². The number of anilines is 1. The Morgan fingerprint density at radius 2 is 1.64 bits per heavy atom. The molecule has 3 aromatic rings. The van der Waals surface area contributed by atoms with Crippen LogP contribution in [-0.2, 0) is 32.9 Å². The molecule has 0 aliphatic heterocycles. The molecule has 3 atom stereocenters. The smallest absolute Gasteiger partial charge is 0.348 e. The molecule has 1 amide bonds. The van der Waals surface area contributed by atoms with Crippen molar-refractivity contribution in [3.05, 3.63) is 76.0 Å². The summed E-state index contributed by atoms with van der Waals surface area (Å²) >= 11 is 13.4. The van der Waals surface area contributed by atoms with Gasteiger partial charge in [0.25, 0.3) is 5.91 Å². The number of ether oxygens (including phenoxy) is 2. The largest absolute Gasteiger partial charge is 0.459 e. The maximum atomic E-state index is 14.9. The summed E-state index contributed by atoms with van der Waals surface area (Å²) in [6.07, 6.45) is -0.930. The molecule has 0 aliphatic carbocycles. The highest BCUT2D eigenvalue weighted by Crippen LogP contribution is 2.60. The number of carbonyl (C=O) groups excluding carboxylic acids is 3. The van der Waals surface area contributed by atoms with E-state index in [1.807, 2.05) is 0 Å². The van der Waals surface area contributed by atoms with Crippen LogP contribution in [0.3, 0.4) is 0 Å². The number of amides is 1. The van der Waals surface area contributed by atoms with Crippen LogP contribution < -0.4 is 4.90 Å². The van der Waals surface area contributed by atoms with Gasteiger partial charge in [-0.3, -0.25) is 28.4 Å². The Bertz CT molecular complexity index is 1630. The summed E-state index contributed by atoms with van der Waals surface area (Å²) in [6.45, 7) is 12.2. The molecule has 0 spiro atoms. The van der Waals surface area contributed by atoms with E-state index in [1.54, 1.807) is 53.7 Å². The molecule has 0 bridgehead atoms. The number of fused-ring (bicyclic) bond motifs is 1. The highest BCUT2D eigenvalue weighted by molar-refractivity contribution is 7.54. The van der Waals surface area contributed by atoms with Crippen molar-refractivity contribution in [1.82, 2.24) is 0 Å². The van der Waals surface area contributed by atoms with Gasteiger partial charge in [-0.15, -0.1) is 11.3 Å². The van der Waals surface area contributed by atoms with E-state index in [1.165, 1.54) is 17.5 Å². The van der Waals surface area contributed by atoms with Gasteiger partial charge in [0.1, 0.15) is 5.82 Å². The lowest BCUT2D eigenvalue weighted by Crippen LogP contribution is -2.36. The second-order valence-corrected chi connectivity index (χ2v) is 15.5. The minimum atomic E-state index is -5.25. The molecule has 1 aromatic heterocycles. The molecule has 0 fully saturated rings. The van der Waals surface area contributed by atoms with Crippen LogP contribution in [0.15, 0.2) is 54.6 Å². The van der Waals surface area contributed by atoms with E-state index >= 15 is 0 Å². The monoisotopic (exact) mass is 687 g/mol. The van der Waals surface area contributed by atoms with E-state index in [4.69, 9.17) is 37.2 Å². The fraction of sp³-hybridized carbons (Fsp3) is 0.367. The molecule has 0 saturated heterocycles. The quantitative estimate of drug-likeness (QED) is 0.128. The van der Waals surface area contributed by atoms with E-state index in [9.17, 15) is 28.2 Å². The fourth-order valence-electron chi connectivity index (χ4n) is 3.76. The number of hydrogen-bond acceptors (Lipinski definition) is 8. The van der Waals surface area contributed by atoms with Gasteiger partial charge in [-0.2, -0.15) is 0 Å². The molecule has 2 aromatic carbocycles. The van der Waals surface area contributed by atoms with E-state index in [0.717, 1.165) is 34.6 Å². The van der Waals surface area contributed by atoms with Crippen molar-refractivity contribution in [3.8, 4) is 0 Å². The van der Waals surface area contributed by atoms with Crippen molar-refractivity contribution < 1.29 is 42.2 Å². The first kappa shape index (κ1) is 35.7. The Labute approximate surface area is 269 Å². The number of rotatable bonds is 10. The van der Waals surface area contributed by atoms with Crippen molar-refractivity contribution in [2.75, 3.05) is 11.5 Å². The molecule has 3 rings (SSSR count). The van der Waals surface area contributed by atoms with Gasteiger partial charge in [0.05, 0.1) is 16.5 Å². The third-order valence-electron chi connectivity index (χ3n) is 6.09. The van der Waals surface area contributed by atoms with Crippen LogP contribution in [0, 0.1) is 16.6 Å².